The number of benzene rings is 2. The summed E-state index contributed by atoms with van der Waals surface area (Å²) in [7, 11) is 0. The molecule has 220 valence electrons. The van der Waals surface area contributed by atoms with Crippen molar-refractivity contribution in [2.45, 2.75) is 44.6 Å². The fraction of sp³-hybridized carbons (Fsp3) is 0.333. The summed E-state index contributed by atoms with van der Waals surface area (Å²) in [5.41, 5.74) is -1.33. The van der Waals surface area contributed by atoms with Crippen LogP contribution in [0.25, 0.3) is 33.0 Å². The van der Waals surface area contributed by atoms with Gasteiger partial charge >= 0.3 is 12.4 Å². The third-order valence-corrected chi connectivity index (χ3v) is 8.01. The molecule has 42 heavy (non-hydrogen) atoms. The molecule has 1 fully saturated rings. The first-order valence-corrected chi connectivity index (χ1v) is 13.6. The van der Waals surface area contributed by atoms with Crippen LogP contribution in [0.15, 0.2) is 48.8 Å². The number of likely N-dealkylation sites (tertiary alicyclic amines) is 1. The van der Waals surface area contributed by atoms with Gasteiger partial charge in [-0.3, -0.25) is 14.9 Å². The van der Waals surface area contributed by atoms with Crippen molar-refractivity contribution in [2.24, 2.45) is 0 Å². The highest BCUT2D eigenvalue weighted by Crippen LogP contribution is 2.41. The molecule has 0 aliphatic carbocycles. The van der Waals surface area contributed by atoms with E-state index in [2.05, 4.69) is 15.2 Å². The maximum absolute atomic E-state index is 13.7. The number of rotatable bonds is 6. The van der Waals surface area contributed by atoms with E-state index in [1.54, 1.807) is 10.8 Å². The number of nitrogens with one attached hydrogen (secondary N) is 2. The zero-order chi connectivity index (χ0) is 29.8. The molecule has 2 N–H and O–H groups in total. The molecule has 6 nitrogen and oxygen atoms in total. The Morgan fingerprint density at radius 1 is 0.738 bits per heavy atom. The zero-order valence-electron chi connectivity index (χ0n) is 22.3. The first-order chi connectivity index (χ1) is 19.9. The number of hydrogen-bond donors (Lipinski definition) is 2. The zero-order valence-corrected chi connectivity index (χ0v) is 22.3. The van der Waals surface area contributed by atoms with E-state index < -0.39 is 35.3 Å². The van der Waals surface area contributed by atoms with Gasteiger partial charge in [-0.25, -0.2) is 0 Å². The average Bonchev–Trinajstić information content (AvgIpc) is 3.60. The van der Waals surface area contributed by atoms with Crippen LogP contribution in [-0.4, -0.2) is 45.9 Å². The smallest absolute Gasteiger partial charge is 0.361 e. The Bertz CT molecular complexity index is 1740. The predicted octanol–water partition coefficient (Wildman–Crippen LogP) is 6.60. The van der Waals surface area contributed by atoms with E-state index in [0.717, 1.165) is 56.7 Å². The largest absolute Gasteiger partial charge is 0.416 e. The van der Waals surface area contributed by atoms with Crippen LogP contribution < -0.4 is 5.32 Å². The van der Waals surface area contributed by atoms with E-state index in [0.29, 0.717) is 24.0 Å². The predicted molar refractivity (Wildman–Crippen MR) is 145 cm³/mol. The van der Waals surface area contributed by atoms with Gasteiger partial charge in [-0.1, -0.05) is 6.42 Å². The van der Waals surface area contributed by atoms with Gasteiger partial charge < -0.3 is 14.5 Å². The number of nitrogens with zero attached hydrogens (tertiary/aromatic N) is 2. The molecule has 0 radical (unpaired) electrons. The van der Waals surface area contributed by atoms with Crippen LogP contribution >= 0.6 is 0 Å². The van der Waals surface area contributed by atoms with Crippen molar-refractivity contribution in [1.82, 2.24) is 19.8 Å². The highest BCUT2D eigenvalue weighted by atomic mass is 19.4. The Balaban J connectivity index is 1.50. The lowest BCUT2D eigenvalue weighted by Crippen LogP contribution is -2.31. The summed E-state index contributed by atoms with van der Waals surface area (Å²) < 4.78 is 83.4. The Hall–Kier alpha value is -4.06. The second-order valence-corrected chi connectivity index (χ2v) is 10.7. The highest BCUT2D eigenvalue weighted by Gasteiger charge is 2.37. The van der Waals surface area contributed by atoms with Gasteiger partial charge in [0, 0.05) is 51.9 Å². The summed E-state index contributed by atoms with van der Waals surface area (Å²) in [6, 6.07) is 6.27. The molecule has 0 bridgehead atoms. The molecule has 4 aromatic rings. The molecule has 2 aliphatic rings. The minimum atomic E-state index is -4.66. The third kappa shape index (κ3) is 5.08. The van der Waals surface area contributed by atoms with E-state index in [9.17, 15) is 35.9 Å². The lowest BCUT2D eigenvalue weighted by atomic mass is 9.94. The van der Waals surface area contributed by atoms with E-state index in [1.807, 2.05) is 0 Å². The van der Waals surface area contributed by atoms with Crippen LogP contribution in [0.1, 0.15) is 47.9 Å². The first-order valence-electron chi connectivity index (χ1n) is 13.6. The Kier molecular flexibility index (Phi) is 6.91. The number of imide groups is 1. The molecule has 0 atom stereocenters. The summed E-state index contributed by atoms with van der Waals surface area (Å²) in [5, 5.41) is 2.37. The number of hydrogen-bond acceptors (Lipinski definition) is 3. The van der Waals surface area contributed by atoms with Crippen molar-refractivity contribution in [1.29, 1.82) is 0 Å². The number of halogens is 6. The lowest BCUT2D eigenvalue weighted by Gasteiger charge is -2.26. The van der Waals surface area contributed by atoms with Crippen molar-refractivity contribution in [2.75, 3.05) is 19.6 Å². The molecule has 2 aliphatic heterocycles. The summed E-state index contributed by atoms with van der Waals surface area (Å²) in [6.07, 6.45) is -2.27. The number of H-pyrrole nitrogens is 1. The number of aryl methyl sites for hydroxylation is 1. The van der Waals surface area contributed by atoms with Crippen molar-refractivity contribution < 1.29 is 35.9 Å². The fourth-order valence-electron chi connectivity index (χ4n) is 5.98. The van der Waals surface area contributed by atoms with Gasteiger partial charge in [-0.2, -0.15) is 26.3 Å². The lowest BCUT2D eigenvalue weighted by molar-refractivity contribution is -0.138. The average molecular weight is 589 g/mol. The van der Waals surface area contributed by atoms with E-state index in [-0.39, 0.29) is 33.0 Å². The number of fused-ring (bicyclic) bond motifs is 2. The van der Waals surface area contributed by atoms with E-state index in [1.165, 1.54) is 24.8 Å². The van der Waals surface area contributed by atoms with Crippen LogP contribution in [0.4, 0.5) is 26.3 Å². The van der Waals surface area contributed by atoms with Gasteiger partial charge in [0.15, 0.2) is 0 Å². The maximum Gasteiger partial charge on any atom is 0.416 e. The molecular weight excluding hydrogens is 562 g/mol. The van der Waals surface area contributed by atoms with Crippen LogP contribution in [0.2, 0.25) is 0 Å². The SMILES string of the molecule is O=C1NC(=O)C(c2cn(CCCN3CCCCC3)c3ccc(C(F)(F)F)cc23)=C1c1c[nH]c2ccc(C(F)(F)F)cc12. The molecule has 6 rings (SSSR count). The monoisotopic (exact) mass is 588 g/mol. The maximum atomic E-state index is 13.7. The number of carbonyl (C=O) groups is 2. The topological polar surface area (TPSA) is 70.1 Å². The van der Waals surface area contributed by atoms with Crippen molar-refractivity contribution in [3.05, 3.63) is 71.0 Å². The first kappa shape index (κ1) is 28.1. The van der Waals surface area contributed by atoms with Gasteiger partial charge in [-0.15, -0.1) is 0 Å². The van der Waals surface area contributed by atoms with Crippen molar-refractivity contribution in [3.8, 4) is 0 Å². The molecule has 2 amide bonds. The van der Waals surface area contributed by atoms with Crippen LogP contribution in [0, 0.1) is 0 Å². The Labute approximate surface area is 236 Å². The molecule has 0 saturated carbocycles. The number of piperidine rings is 1. The van der Waals surface area contributed by atoms with Crippen LogP contribution in [-0.2, 0) is 28.5 Å². The normalized spacial score (nSPS) is 17.2. The molecule has 0 unspecified atom stereocenters. The molecular formula is C30H26F6N4O2. The van der Waals surface area contributed by atoms with Crippen LogP contribution in [0.3, 0.4) is 0 Å². The Morgan fingerprint density at radius 2 is 1.36 bits per heavy atom. The number of alkyl halides is 6. The van der Waals surface area contributed by atoms with Gasteiger partial charge in [0.2, 0.25) is 0 Å². The summed E-state index contributed by atoms with van der Waals surface area (Å²) in [6.45, 7) is 3.25. The number of carbonyl (C=O) groups excluding carboxylic acids is 2. The summed E-state index contributed by atoms with van der Waals surface area (Å²) in [4.78, 5) is 31.5. The van der Waals surface area contributed by atoms with Gasteiger partial charge in [-0.05, 0) is 75.3 Å². The third-order valence-electron chi connectivity index (χ3n) is 8.01. The minimum Gasteiger partial charge on any atom is -0.361 e. The Morgan fingerprint density at radius 3 is 2.02 bits per heavy atom. The molecule has 1 saturated heterocycles. The molecule has 0 spiro atoms. The number of aromatic amines is 1. The summed E-state index contributed by atoms with van der Waals surface area (Å²) in [5.74, 6) is -1.67. The van der Waals surface area contributed by atoms with E-state index in [4.69, 9.17) is 0 Å². The molecule has 2 aromatic carbocycles. The van der Waals surface area contributed by atoms with Crippen LogP contribution in [0.5, 0.6) is 0 Å². The number of aromatic nitrogens is 2. The van der Waals surface area contributed by atoms with Gasteiger partial charge in [0.05, 0.1) is 22.3 Å². The van der Waals surface area contributed by atoms with Gasteiger partial charge in [0.25, 0.3) is 11.8 Å². The summed E-state index contributed by atoms with van der Waals surface area (Å²) >= 11 is 0. The van der Waals surface area contributed by atoms with E-state index >= 15 is 0 Å². The van der Waals surface area contributed by atoms with Crippen molar-refractivity contribution >= 4 is 44.8 Å². The standard InChI is InChI=1S/C30H26F6N4O2/c31-29(32,33)17-5-7-23-19(13-17)21(15-37-23)25-26(28(42)38-27(25)41)22-16-40(12-4-11-39-9-2-1-3-10-39)24-8-6-18(14-20(22)24)30(34,35)36/h5-8,13-16,37H,1-4,9-12H2,(H,38,41,42). The quantitative estimate of drug-likeness (QED) is 0.197. The molecule has 4 heterocycles. The second kappa shape index (κ2) is 10.3. The fourth-order valence-corrected chi connectivity index (χ4v) is 5.98. The van der Waals surface area contributed by atoms with Gasteiger partial charge in [0.1, 0.15) is 0 Å². The second-order valence-electron chi connectivity index (χ2n) is 10.7. The van der Waals surface area contributed by atoms with Crippen molar-refractivity contribution in [3.63, 3.8) is 0 Å². The molecule has 12 heteroatoms. The highest BCUT2D eigenvalue weighted by molar-refractivity contribution is 6.50. The minimum absolute atomic E-state index is 0.0485. The molecule has 2 aromatic heterocycles. The number of amides is 2.